The summed E-state index contributed by atoms with van der Waals surface area (Å²) in [6.07, 6.45) is 2.18. The first-order chi connectivity index (χ1) is 7.20. The van der Waals surface area contributed by atoms with Crippen LogP contribution in [0.25, 0.3) is 0 Å². The van der Waals surface area contributed by atoms with Crippen LogP contribution in [0.5, 0.6) is 0 Å². The molecule has 2 aliphatic heterocycles. The maximum Gasteiger partial charge on any atom is 0.323 e. The number of rotatable bonds is 2. The highest BCUT2D eigenvalue weighted by atomic mass is 32.2. The number of thioether (sulfide) groups is 1. The molecule has 0 radical (unpaired) electrons. The highest BCUT2D eigenvalue weighted by Crippen LogP contribution is 2.27. The Morgan fingerprint density at radius 1 is 1.60 bits per heavy atom. The van der Waals surface area contributed by atoms with Crippen LogP contribution in [0.4, 0.5) is 0 Å². The van der Waals surface area contributed by atoms with Crippen molar-refractivity contribution in [2.75, 3.05) is 18.8 Å². The fourth-order valence-corrected chi connectivity index (χ4v) is 3.51. The molecule has 0 saturated carbocycles. The number of nitrogens with zero attached hydrogens (tertiary/aromatic N) is 1. The van der Waals surface area contributed by atoms with E-state index in [2.05, 4.69) is 11.8 Å². The number of hydrogen-bond acceptors (Lipinski definition) is 4. The van der Waals surface area contributed by atoms with Crippen molar-refractivity contribution in [3.8, 4) is 0 Å². The molecule has 0 bridgehead atoms. The molecular formula is C11H19NO2S. The third-order valence-electron chi connectivity index (χ3n) is 3.21. The van der Waals surface area contributed by atoms with Crippen LogP contribution < -0.4 is 0 Å². The second kappa shape index (κ2) is 4.74. The van der Waals surface area contributed by atoms with Gasteiger partial charge in [0.25, 0.3) is 0 Å². The third-order valence-corrected chi connectivity index (χ3v) is 4.58. The lowest BCUT2D eigenvalue weighted by molar-refractivity contribution is -0.144. The molecule has 0 aromatic heterocycles. The molecule has 2 fully saturated rings. The van der Waals surface area contributed by atoms with Gasteiger partial charge in [0.1, 0.15) is 12.1 Å². The summed E-state index contributed by atoms with van der Waals surface area (Å²) in [7, 11) is 0. The van der Waals surface area contributed by atoms with Crippen LogP contribution in [0.15, 0.2) is 0 Å². The van der Waals surface area contributed by atoms with Gasteiger partial charge >= 0.3 is 5.97 Å². The van der Waals surface area contributed by atoms with Crippen molar-refractivity contribution < 1.29 is 9.53 Å². The van der Waals surface area contributed by atoms with Crippen LogP contribution in [-0.4, -0.2) is 47.1 Å². The molecule has 0 aromatic rings. The standard InChI is InChI=1S/C11H19NO2S/c1-3-9-7-12(4-5-15-9)10-6-8(2)14-11(10)13/h8-10H,3-7H2,1-2H3/t8-,9-,10+/m1/s1. The number of hydrogen-bond donors (Lipinski definition) is 0. The number of ether oxygens (including phenoxy) is 1. The van der Waals surface area contributed by atoms with Gasteiger partial charge in [0.05, 0.1) is 0 Å². The van der Waals surface area contributed by atoms with E-state index in [0.29, 0.717) is 5.25 Å². The van der Waals surface area contributed by atoms with Crippen molar-refractivity contribution in [3.05, 3.63) is 0 Å². The summed E-state index contributed by atoms with van der Waals surface area (Å²) in [4.78, 5) is 13.9. The van der Waals surface area contributed by atoms with Gasteiger partial charge in [-0.1, -0.05) is 6.92 Å². The van der Waals surface area contributed by atoms with Crippen LogP contribution in [-0.2, 0) is 9.53 Å². The van der Waals surface area contributed by atoms with Crippen molar-refractivity contribution in [1.82, 2.24) is 4.90 Å². The molecule has 3 nitrogen and oxygen atoms in total. The predicted octanol–water partition coefficient (Wildman–Crippen LogP) is 1.52. The van der Waals surface area contributed by atoms with Gasteiger partial charge in [-0.25, -0.2) is 0 Å². The zero-order valence-corrected chi connectivity index (χ0v) is 10.3. The molecule has 4 heteroatoms. The van der Waals surface area contributed by atoms with Crippen molar-refractivity contribution in [2.24, 2.45) is 0 Å². The maximum atomic E-state index is 11.6. The summed E-state index contributed by atoms with van der Waals surface area (Å²) in [5, 5.41) is 0.697. The number of carbonyl (C=O) groups excluding carboxylic acids is 1. The summed E-state index contributed by atoms with van der Waals surface area (Å²) in [5.74, 6) is 1.14. The molecule has 0 spiro atoms. The predicted molar refractivity (Wildman–Crippen MR) is 62.1 cm³/mol. The summed E-state index contributed by atoms with van der Waals surface area (Å²) in [6.45, 7) is 6.28. The molecule has 0 aliphatic carbocycles. The Labute approximate surface area is 95.5 Å². The van der Waals surface area contributed by atoms with Crippen LogP contribution in [0.1, 0.15) is 26.7 Å². The van der Waals surface area contributed by atoms with Crippen LogP contribution >= 0.6 is 11.8 Å². The van der Waals surface area contributed by atoms with Gasteiger partial charge in [0.15, 0.2) is 0 Å². The Balaban J connectivity index is 1.95. The molecule has 0 N–H and O–H groups in total. The Morgan fingerprint density at radius 3 is 3.00 bits per heavy atom. The highest BCUT2D eigenvalue weighted by Gasteiger charge is 2.38. The Kier molecular flexibility index (Phi) is 3.57. The largest absolute Gasteiger partial charge is 0.461 e. The summed E-state index contributed by atoms with van der Waals surface area (Å²) in [5.41, 5.74) is 0. The normalized spacial score (nSPS) is 38.0. The molecule has 2 rings (SSSR count). The topological polar surface area (TPSA) is 29.5 Å². The van der Waals surface area contributed by atoms with Gasteiger partial charge in [-0.3, -0.25) is 9.69 Å². The van der Waals surface area contributed by atoms with E-state index in [0.717, 1.165) is 25.3 Å². The second-order valence-corrected chi connectivity index (χ2v) is 5.80. The van der Waals surface area contributed by atoms with Crippen molar-refractivity contribution >= 4 is 17.7 Å². The van der Waals surface area contributed by atoms with Crippen molar-refractivity contribution in [2.45, 2.75) is 44.1 Å². The molecule has 15 heavy (non-hydrogen) atoms. The third kappa shape index (κ3) is 2.48. The lowest BCUT2D eigenvalue weighted by Crippen LogP contribution is -2.46. The number of cyclic esters (lactones) is 1. The van der Waals surface area contributed by atoms with E-state index in [1.165, 1.54) is 6.42 Å². The van der Waals surface area contributed by atoms with E-state index in [-0.39, 0.29) is 18.1 Å². The van der Waals surface area contributed by atoms with Gasteiger partial charge in [-0.15, -0.1) is 0 Å². The zero-order valence-electron chi connectivity index (χ0n) is 9.44. The molecule has 0 unspecified atom stereocenters. The molecular weight excluding hydrogens is 210 g/mol. The van der Waals surface area contributed by atoms with E-state index in [1.54, 1.807) is 0 Å². The van der Waals surface area contributed by atoms with E-state index in [4.69, 9.17) is 4.74 Å². The second-order valence-electron chi connectivity index (χ2n) is 4.39. The van der Waals surface area contributed by atoms with Gasteiger partial charge in [-0.2, -0.15) is 11.8 Å². The molecule has 0 amide bonds. The Hall–Kier alpha value is -0.220. The first-order valence-electron chi connectivity index (χ1n) is 5.77. The number of esters is 1. The zero-order chi connectivity index (χ0) is 10.8. The Morgan fingerprint density at radius 2 is 2.40 bits per heavy atom. The SMILES string of the molecule is CC[C@@H]1CN([C@H]2C[C@@H](C)OC2=O)CCS1. The van der Waals surface area contributed by atoms with Crippen LogP contribution in [0.2, 0.25) is 0 Å². The van der Waals surface area contributed by atoms with Crippen molar-refractivity contribution in [1.29, 1.82) is 0 Å². The van der Waals surface area contributed by atoms with E-state index < -0.39 is 0 Å². The van der Waals surface area contributed by atoms with Crippen molar-refractivity contribution in [3.63, 3.8) is 0 Å². The van der Waals surface area contributed by atoms with E-state index in [1.807, 2.05) is 18.7 Å². The average molecular weight is 229 g/mol. The fourth-order valence-electron chi connectivity index (χ4n) is 2.31. The summed E-state index contributed by atoms with van der Waals surface area (Å²) >= 11 is 2.03. The summed E-state index contributed by atoms with van der Waals surface area (Å²) < 4.78 is 5.21. The molecule has 2 heterocycles. The average Bonchev–Trinajstić information content (AvgIpc) is 2.58. The Bertz CT molecular complexity index is 247. The molecule has 0 aromatic carbocycles. The lowest BCUT2D eigenvalue weighted by Gasteiger charge is -2.34. The minimum atomic E-state index is -0.00995. The maximum absolute atomic E-state index is 11.6. The molecule has 2 saturated heterocycles. The summed E-state index contributed by atoms with van der Waals surface area (Å²) in [6, 6.07) is 0.0370. The van der Waals surface area contributed by atoms with E-state index in [9.17, 15) is 4.79 Å². The monoisotopic (exact) mass is 229 g/mol. The van der Waals surface area contributed by atoms with Gasteiger partial charge < -0.3 is 4.74 Å². The lowest BCUT2D eigenvalue weighted by atomic mass is 10.1. The smallest absolute Gasteiger partial charge is 0.323 e. The van der Waals surface area contributed by atoms with E-state index >= 15 is 0 Å². The van der Waals surface area contributed by atoms with Gasteiger partial charge in [-0.05, 0) is 13.3 Å². The number of carbonyl (C=O) groups is 1. The molecule has 3 atom stereocenters. The minimum Gasteiger partial charge on any atom is -0.461 e. The highest BCUT2D eigenvalue weighted by molar-refractivity contribution is 8.00. The minimum absolute atomic E-state index is 0.00995. The van der Waals surface area contributed by atoms with Crippen LogP contribution in [0, 0.1) is 0 Å². The van der Waals surface area contributed by atoms with Gasteiger partial charge in [0, 0.05) is 30.5 Å². The fraction of sp³-hybridized carbons (Fsp3) is 0.909. The first kappa shape index (κ1) is 11.3. The molecule has 2 aliphatic rings. The molecule has 86 valence electrons. The first-order valence-corrected chi connectivity index (χ1v) is 6.81. The van der Waals surface area contributed by atoms with Crippen LogP contribution in [0.3, 0.4) is 0 Å². The quantitative estimate of drug-likeness (QED) is 0.671. The van der Waals surface area contributed by atoms with Gasteiger partial charge in [0.2, 0.25) is 0 Å².